The first-order valence-corrected chi connectivity index (χ1v) is 11.6. The molecule has 7 heteroatoms. The van der Waals surface area contributed by atoms with Gasteiger partial charge in [0.25, 0.3) is 5.91 Å². The summed E-state index contributed by atoms with van der Waals surface area (Å²) in [7, 11) is 0. The monoisotopic (exact) mass is 469 g/mol. The fourth-order valence-corrected chi connectivity index (χ4v) is 4.12. The molecule has 1 aliphatic rings. The molecule has 0 radical (unpaired) electrons. The molecule has 1 aliphatic heterocycles. The number of nitrogens with zero attached hydrogens (tertiary/aromatic N) is 2. The number of rotatable bonds is 7. The van der Waals surface area contributed by atoms with Crippen LogP contribution < -0.4 is 14.8 Å². The molecule has 170 valence electrons. The summed E-state index contributed by atoms with van der Waals surface area (Å²) in [6, 6.07) is 22.8. The Bertz CT molecular complexity index is 1310. The number of nitriles is 1. The molecule has 1 fully saturated rings. The molecule has 1 amide bonds. The molecular formula is C27H23N3O3S. The highest BCUT2D eigenvalue weighted by atomic mass is 32.2. The van der Waals surface area contributed by atoms with E-state index in [2.05, 4.69) is 16.4 Å². The van der Waals surface area contributed by atoms with Crippen LogP contribution in [0.25, 0.3) is 6.08 Å². The maximum absolute atomic E-state index is 12.5. The Morgan fingerprint density at radius 2 is 1.85 bits per heavy atom. The molecule has 6 nitrogen and oxygen atoms in total. The number of nitrogens with one attached hydrogen (secondary N) is 1. The molecule has 0 spiro atoms. The summed E-state index contributed by atoms with van der Waals surface area (Å²) in [5, 5.41) is 12.6. The summed E-state index contributed by atoms with van der Waals surface area (Å²) in [5.74, 6) is 0.951. The number of amidine groups is 1. The number of aliphatic imine (C=N–C) groups is 1. The predicted octanol–water partition coefficient (Wildman–Crippen LogP) is 5.74. The van der Waals surface area contributed by atoms with E-state index in [-0.39, 0.29) is 12.5 Å². The van der Waals surface area contributed by atoms with Gasteiger partial charge in [0.2, 0.25) is 0 Å². The van der Waals surface area contributed by atoms with Crippen LogP contribution in [0.15, 0.2) is 76.6 Å². The van der Waals surface area contributed by atoms with Gasteiger partial charge in [-0.3, -0.25) is 4.79 Å². The summed E-state index contributed by atoms with van der Waals surface area (Å²) >= 11 is 1.30. The van der Waals surface area contributed by atoms with Crippen LogP contribution in [0, 0.1) is 18.3 Å². The largest absolute Gasteiger partial charge is 0.490 e. The number of aryl methyl sites for hydroxylation is 1. The molecule has 3 aromatic carbocycles. The molecule has 1 N–H and O–H groups in total. The van der Waals surface area contributed by atoms with Crippen LogP contribution in [0.3, 0.4) is 0 Å². The van der Waals surface area contributed by atoms with E-state index < -0.39 is 0 Å². The zero-order valence-electron chi connectivity index (χ0n) is 18.9. The maximum Gasteiger partial charge on any atom is 0.264 e. The van der Waals surface area contributed by atoms with Gasteiger partial charge in [-0.2, -0.15) is 5.26 Å². The number of hydrogen-bond acceptors (Lipinski definition) is 6. The first kappa shape index (κ1) is 23.1. The Labute approximate surface area is 202 Å². The van der Waals surface area contributed by atoms with Crippen LogP contribution in [0.4, 0.5) is 5.69 Å². The summed E-state index contributed by atoms with van der Waals surface area (Å²) in [5.41, 5.74) is 4.13. The highest BCUT2D eigenvalue weighted by Gasteiger charge is 2.24. The lowest BCUT2D eigenvalue weighted by atomic mass is 10.1. The number of carbonyl (C=O) groups excluding carboxylic acids is 1. The fraction of sp³-hybridized carbons (Fsp3) is 0.148. The SMILES string of the molecule is CCOc1cc(/C=C2/SC(=Nc3ccc(C)cc3)NC2=O)ccc1OCc1ccccc1C#N. The molecule has 0 bridgehead atoms. The van der Waals surface area contributed by atoms with Crippen molar-refractivity contribution in [2.45, 2.75) is 20.5 Å². The van der Waals surface area contributed by atoms with Crippen molar-refractivity contribution in [1.82, 2.24) is 5.32 Å². The normalized spacial score (nSPS) is 15.3. The number of ether oxygens (including phenoxy) is 2. The second-order valence-corrected chi connectivity index (χ2v) is 8.54. The maximum atomic E-state index is 12.5. The first-order valence-electron chi connectivity index (χ1n) is 10.8. The van der Waals surface area contributed by atoms with Crippen molar-refractivity contribution in [3.63, 3.8) is 0 Å². The highest BCUT2D eigenvalue weighted by molar-refractivity contribution is 8.18. The molecule has 0 aliphatic carbocycles. The quantitative estimate of drug-likeness (QED) is 0.446. The van der Waals surface area contributed by atoms with Crippen molar-refractivity contribution in [2.75, 3.05) is 6.61 Å². The molecule has 0 atom stereocenters. The minimum absolute atomic E-state index is 0.192. The molecule has 3 aromatic rings. The number of benzene rings is 3. The number of hydrogen-bond donors (Lipinski definition) is 1. The van der Waals surface area contributed by atoms with Crippen LogP contribution in [0.5, 0.6) is 11.5 Å². The number of carbonyl (C=O) groups is 1. The topological polar surface area (TPSA) is 83.7 Å². The van der Waals surface area contributed by atoms with Crippen LogP contribution in [0.1, 0.15) is 29.2 Å². The standard InChI is InChI=1S/C27H23N3O3S/c1-3-32-24-14-19(10-13-23(24)33-17-21-7-5-4-6-20(21)16-28)15-25-26(31)30-27(34-25)29-22-11-8-18(2)9-12-22/h4-15H,3,17H2,1-2H3,(H,29,30,31)/b25-15+. The van der Waals surface area contributed by atoms with Gasteiger partial charge in [-0.25, -0.2) is 4.99 Å². The average molecular weight is 470 g/mol. The van der Waals surface area contributed by atoms with Crippen molar-refractivity contribution in [1.29, 1.82) is 5.26 Å². The Morgan fingerprint density at radius 1 is 1.06 bits per heavy atom. The summed E-state index contributed by atoms with van der Waals surface area (Å²) in [6.45, 7) is 4.63. The Morgan fingerprint density at radius 3 is 2.62 bits per heavy atom. The molecule has 0 unspecified atom stereocenters. The summed E-state index contributed by atoms with van der Waals surface area (Å²) in [6.07, 6.45) is 1.80. The van der Waals surface area contributed by atoms with Crippen molar-refractivity contribution in [3.05, 3.63) is 93.9 Å². The van der Waals surface area contributed by atoms with Crippen LogP contribution in [-0.4, -0.2) is 17.7 Å². The zero-order chi connectivity index (χ0) is 23.9. The minimum Gasteiger partial charge on any atom is -0.490 e. The fourth-order valence-electron chi connectivity index (χ4n) is 3.28. The second kappa shape index (κ2) is 10.7. The van der Waals surface area contributed by atoms with Gasteiger partial charge in [0.1, 0.15) is 6.61 Å². The van der Waals surface area contributed by atoms with Gasteiger partial charge in [0.15, 0.2) is 16.7 Å². The van der Waals surface area contributed by atoms with Gasteiger partial charge in [-0.1, -0.05) is 42.0 Å². The van der Waals surface area contributed by atoms with E-state index in [0.717, 1.165) is 22.4 Å². The summed E-state index contributed by atoms with van der Waals surface area (Å²) in [4.78, 5) is 17.5. The lowest BCUT2D eigenvalue weighted by molar-refractivity contribution is -0.115. The van der Waals surface area contributed by atoms with Crippen molar-refractivity contribution in [3.8, 4) is 17.6 Å². The van der Waals surface area contributed by atoms with Crippen LogP contribution in [0.2, 0.25) is 0 Å². The Balaban J connectivity index is 1.52. The molecule has 1 saturated heterocycles. The average Bonchev–Trinajstić information content (AvgIpc) is 3.18. The van der Waals surface area contributed by atoms with Crippen molar-refractivity contribution < 1.29 is 14.3 Å². The van der Waals surface area contributed by atoms with Gasteiger partial charge in [0.05, 0.1) is 28.8 Å². The third kappa shape index (κ3) is 5.66. The minimum atomic E-state index is -0.192. The third-order valence-corrected chi connectivity index (χ3v) is 5.91. The Kier molecular flexibility index (Phi) is 7.31. The Hall–Kier alpha value is -4.02. The van der Waals surface area contributed by atoms with E-state index in [0.29, 0.717) is 33.7 Å². The lowest BCUT2D eigenvalue weighted by Crippen LogP contribution is -2.19. The smallest absolute Gasteiger partial charge is 0.264 e. The van der Waals surface area contributed by atoms with E-state index in [1.165, 1.54) is 11.8 Å². The van der Waals surface area contributed by atoms with Gasteiger partial charge in [0, 0.05) is 5.56 Å². The van der Waals surface area contributed by atoms with E-state index in [4.69, 9.17) is 9.47 Å². The second-order valence-electron chi connectivity index (χ2n) is 7.51. The molecule has 1 heterocycles. The van der Waals surface area contributed by atoms with Crippen molar-refractivity contribution in [2.24, 2.45) is 4.99 Å². The first-order chi connectivity index (χ1) is 16.6. The highest BCUT2D eigenvalue weighted by Crippen LogP contribution is 2.33. The zero-order valence-corrected chi connectivity index (χ0v) is 19.7. The third-order valence-electron chi connectivity index (χ3n) is 5.00. The number of thioether (sulfide) groups is 1. The van der Waals surface area contributed by atoms with E-state index in [1.807, 2.05) is 74.5 Å². The van der Waals surface area contributed by atoms with E-state index in [1.54, 1.807) is 12.1 Å². The van der Waals surface area contributed by atoms with Gasteiger partial charge >= 0.3 is 0 Å². The molecule has 0 saturated carbocycles. The van der Waals surface area contributed by atoms with Crippen LogP contribution >= 0.6 is 11.8 Å². The van der Waals surface area contributed by atoms with Gasteiger partial charge in [-0.05, 0) is 67.6 Å². The molecule has 4 rings (SSSR count). The van der Waals surface area contributed by atoms with E-state index in [9.17, 15) is 10.1 Å². The summed E-state index contributed by atoms with van der Waals surface area (Å²) < 4.78 is 11.7. The van der Waals surface area contributed by atoms with E-state index >= 15 is 0 Å². The van der Waals surface area contributed by atoms with Crippen LogP contribution in [-0.2, 0) is 11.4 Å². The lowest BCUT2D eigenvalue weighted by Gasteiger charge is -2.13. The van der Waals surface area contributed by atoms with Gasteiger partial charge in [-0.15, -0.1) is 0 Å². The van der Waals surface area contributed by atoms with Gasteiger partial charge < -0.3 is 14.8 Å². The predicted molar refractivity (Wildman–Crippen MR) is 135 cm³/mol. The van der Waals surface area contributed by atoms with Crippen molar-refractivity contribution >= 4 is 34.6 Å². The molecule has 34 heavy (non-hydrogen) atoms. The molecule has 0 aromatic heterocycles. The molecular weight excluding hydrogens is 446 g/mol. The number of amides is 1.